The van der Waals surface area contributed by atoms with Gasteiger partial charge >= 0.3 is 5.97 Å². The quantitative estimate of drug-likeness (QED) is 0.830. The normalized spacial score (nSPS) is 18.7. The molecule has 2 rings (SSSR count). The molecule has 0 radical (unpaired) electrons. The second-order valence-electron chi connectivity index (χ2n) is 4.74. The van der Waals surface area contributed by atoms with Crippen LogP contribution in [0.1, 0.15) is 23.2 Å². The first kappa shape index (κ1) is 14.6. The van der Waals surface area contributed by atoms with Crippen LogP contribution >= 0.6 is 11.6 Å². The van der Waals surface area contributed by atoms with Crippen molar-refractivity contribution in [1.29, 1.82) is 0 Å². The summed E-state index contributed by atoms with van der Waals surface area (Å²) >= 11 is 5.87. The lowest BCUT2D eigenvalue weighted by atomic mass is 9.98. The smallest absolute Gasteiger partial charge is 0.308 e. The van der Waals surface area contributed by atoms with E-state index in [1.165, 1.54) is 6.07 Å². The van der Waals surface area contributed by atoms with Gasteiger partial charge in [0, 0.05) is 25.7 Å². The average molecular weight is 298 g/mol. The zero-order valence-electron chi connectivity index (χ0n) is 11.1. The molecule has 1 saturated heterocycles. The standard InChI is InChI=1S/C13H16ClN3O3/c1-15-11-6-9(5-10(14)16-11)12(18)17-4-2-3-8(7-17)13(19)20/h5-6,8H,2-4,7H2,1H3,(H,15,16)(H,19,20)/t8-/m0/s1. The Morgan fingerprint density at radius 1 is 1.50 bits per heavy atom. The van der Waals surface area contributed by atoms with Crippen LogP contribution in [0.5, 0.6) is 0 Å². The van der Waals surface area contributed by atoms with Gasteiger partial charge in [-0.25, -0.2) is 4.98 Å². The van der Waals surface area contributed by atoms with E-state index in [0.717, 1.165) is 0 Å². The van der Waals surface area contributed by atoms with Crippen LogP contribution in [0.2, 0.25) is 5.15 Å². The first-order valence-electron chi connectivity index (χ1n) is 6.38. The maximum atomic E-state index is 12.4. The number of rotatable bonds is 3. The number of anilines is 1. The number of carbonyl (C=O) groups is 2. The number of hydrogen-bond donors (Lipinski definition) is 2. The van der Waals surface area contributed by atoms with Gasteiger partial charge in [-0.2, -0.15) is 0 Å². The number of nitrogens with one attached hydrogen (secondary N) is 1. The Hall–Kier alpha value is -1.82. The molecule has 1 aromatic rings. The Balaban J connectivity index is 2.18. The number of carboxylic acids is 1. The SMILES string of the molecule is CNc1cc(C(=O)N2CCC[C@H](C(=O)O)C2)cc(Cl)n1. The van der Waals surface area contributed by atoms with Gasteiger partial charge < -0.3 is 15.3 Å². The number of piperidine rings is 1. The lowest BCUT2D eigenvalue weighted by molar-refractivity contribution is -0.143. The molecule has 7 heteroatoms. The monoisotopic (exact) mass is 297 g/mol. The molecular weight excluding hydrogens is 282 g/mol. The third-order valence-electron chi connectivity index (χ3n) is 3.36. The van der Waals surface area contributed by atoms with Gasteiger partial charge in [-0.05, 0) is 25.0 Å². The van der Waals surface area contributed by atoms with E-state index in [-0.39, 0.29) is 17.6 Å². The Bertz CT molecular complexity index is 536. The highest BCUT2D eigenvalue weighted by atomic mass is 35.5. The van der Waals surface area contributed by atoms with E-state index >= 15 is 0 Å². The highest BCUT2D eigenvalue weighted by molar-refractivity contribution is 6.29. The van der Waals surface area contributed by atoms with Crippen LogP contribution in [0.4, 0.5) is 5.82 Å². The van der Waals surface area contributed by atoms with Crippen molar-refractivity contribution in [2.75, 3.05) is 25.5 Å². The number of amides is 1. The number of halogens is 1. The van der Waals surface area contributed by atoms with Crippen LogP contribution in [0.25, 0.3) is 0 Å². The topological polar surface area (TPSA) is 82.5 Å². The fraction of sp³-hybridized carbons (Fsp3) is 0.462. The molecular formula is C13H16ClN3O3. The van der Waals surface area contributed by atoms with Gasteiger partial charge in [0.2, 0.25) is 0 Å². The van der Waals surface area contributed by atoms with Gasteiger partial charge in [-0.1, -0.05) is 11.6 Å². The highest BCUT2D eigenvalue weighted by Gasteiger charge is 2.28. The molecule has 1 aliphatic heterocycles. The zero-order valence-corrected chi connectivity index (χ0v) is 11.9. The van der Waals surface area contributed by atoms with Gasteiger partial charge in [-0.3, -0.25) is 9.59 Å². The minimum absolute atomic E-state index is 0.211. The zero-order chi connectivity index (χ0) is 14.7. The molecule has 1 fully saturated rings. The second kappa shape index (κ2) is 6.09. The van der Waals surface area contributed by atoms with E-state index in [0.29, 0.717) is 30.8 Å². The molecule has 1 aliphatic rings. The number of likely N-dealkylation sites (tertiary alicyclic amines) is 1. The number of aromatic nitrogens is 1. The maximum Gasteiger partial charge on any atom is 0.308 e. The van der Waals surface area contributed by atoms with Crippen molar-refractivity contribution in [2.24, 2.45) is 5.92 Å². The number of aliphatic carboxylic acids is 1. The van der Waals surface area contributed by atoms with Crippen LogP contribution in [0.15, 0.2) is 12.1 Å². The fourth-order valence-electron chi connectivity index (χ4n) is 2.29. The van der Waals surface area contributed by atoms with Crippen molar-refractivity contribution in [3.05, 3.63) is 22.8 Å². The van der Waals surface area contributed by atoms with Gasteiger partial charge in [0.1, 0.15) is 11.0 Å². The molecule has 6 nitrogen and oxygen atoms in total. The van der Waals surface area contributed by atoms with Crippen molar-refractivity contribution in [2.45, 2.75) is 12.8 Å². The molecule has 0 unspecified atom stereocenters. The molecule has 0 saturated carbocycles. The van der Waals surface area contributed by atoms with Gasteiger partial charge in [0.15, 0.2) is 0 Å². The van der Waals surface area contributed by atoms with E-state index in [9.17, 15) is 9.59 Å². The second-order valence-corrected chi connectivity index (χ2v) is 5.13. The number of carbonyl (C=O) groups excluding carboxylic acids is 1. The van der Waals surface area contributed by atoms with Crippen LogP contribution < -0.4 is 5.32 Å². The predicted molar refractivity (Wildman–Crippen MR) is 75.1 cm³/mol. The van der Waals surface area contributed by atoms with E-state index in [2.05, 4.69) is 10.3 Å². The Morgan fingerprint density at radius 3 is 2.90 bits per heavy atom. The number of hydrogen-bond acceptors (Lipinski definition) is 4. The first-order chi connectivity index (χ1) is 9.51. The number of carboxylic acid groups (broad SMARTS) is 1. The van der Waals surface area contributed by atoms with Crippen LogP contribution in [-0.4, -0.2) is 47.0 Å². The molecule has 0 aliphatic carbocycles. The predicted octanol–water partition coefficient (Wildman–Crippen LogP) is 1.71. The molecule has 0 aromatic carbocycles. The minimum Gasteiger partial charge on any atom is -0.481 e. The third-order valence-corrected chi connectivity index (χ3v) is 3.55. The summed E-state index contributed by atoms with van der Waals surface area (Å²) in [6, 6.07) is 3.10. The molecule has 0 spiro atoms. The lowest BCUT2D eigenvalue weighted by Crippen LogP contribution is -2.42. The van der Waals surface area contributed by atoms with Crippen molar-refractivity contribution < 1.29 is 14.7 Å². The Morgan fingerprint density at radius 2 is 2.25 bits per heavy atom. The Labute approximate surface area is 121 Å². The third kappa shape index (κ3) is 3.19. The van der Waals surface area contributed by atoms with E-state index in [4.69, 9.17) is 16.7 Å². The summed E-state index contributed by atoms with van der Waals surface area (Å²) in [5.41, 5.74) is 0.417. The number of nitrogens with zero attached hydrogens (tertiary/aromatic N) is 2. The molecule has 1 atom stereocenters. The molecule has 20 heavy (non-hydrogen) atoms. The summed E-state index contributed by atoms with van der Waals surface area (Å²) in [5, 5.41) is 12.1. The summed E-state index contributed by atoms with van der Waals surface area (Å²) in [6.45, 7) is 0.806. The average Bonchev–Trinajstić information content (AvgIpc) is 2.45. The summed E-state index contributed by atoms with van der Waals surface area (Å²) in [4.78, 5) is 29.0. The van der Waals surface area contributed by atoms with Crippen molar-refractivity contribution in [1.82, 2.24) is 9.88 Å². The molecule has 1 amide bonds. The van der Waals surface area contributed by atoms with E-state index < -0.39 is 11.9 Å². The molecule has 108 valence electrons. The van der Waals surface area contributed by atoms with E-state index in [1.54, 1.807) is 18.0 Å². The molecule has 2 N–H and O–H groups in total. The van der Waals surface area contributed by atoms with Gasteiger partial charge in [0.05, 0.1) is 5.92 Å². The Kier molecular flexibility index (Phi) is 4.44. The van der Waals surface area contributed by atoms with Crippen molar-refractivity contribution >= 4 is 29.3 Å². The summed E-state index contributed by atoms with van der Waals surface area (Å²) in [6.07, 6.45) is 1.30. The minimum atomic E-state index is -0.855. The number of pyridine rings is 1. The van der Waals surface area contributed by atoms with Crippen molar-refractivity contribution in [3.8, 4) is 0 Å². The van der Waals surface area contributed by atoms with Crippen LogP contribution in [0.3, 0.4) is 0 Å². The lowest BCUT2D eigenvalue weighted by Gasteiger charge is -2.30. The maximum absolute atomic E-state index is 12.4. The highest BCUT2D eigenvalue weighted by Crippen LogP contribution is 2.21. The van der Waals surface area contributed by atoms with Crippen LogP contribution in [0, 0.1) is 5.92 Å². The van der Waals surface area contributed by atoms with Gasteiger partial charge in [-0.15, -0.1) is 0 Å². The first-order valence-corrected chi connectivity index (χ1v) is 6.76. The fourth-order valence-corrected chi connectivity index (χ4v) is 2.50. The summed E-state index contributed by atoms with van der Waals surface area (Å²) < 4.78 is 0. The summed E-state index contributed by atoms with van der Waals surface area (Å²) in [5.74, 6) is -1.05. The van der Waals surface area contributed by atoms with Crippen LogP contribution in [-0.2, 0) is 4.79 Å². The van der Waals surface area contributed by atoms with Gasteiger partial charge in [0.25, 0.3) is 5.91 Å². The molecule has 2 heterocycles. The summed E-state index contributed by atoms with van der Waals surface area (Å²) in [7, 11) is 1.69. The van der Waals surface area contributed by atoms with E-state index in [1.807, 2.05) is 0 Å². The molecule has 1 aromatic heterocycles. The largest absolute Gasteiger partial charge is 0.481 e. The van der Waals surface area contributed by atoms with Crippen molar-refractivity contribution in [3.63, 3.8) is 0 Å². The molecule has 0 bridgehead atoms.